The number of hydrogen-bond acceptors (Lipinski definition) is 5. The van der Waals surface area contributed by atoms with Gasteiger partial charge in [-0.25, -0.2) is 26.3 Å². The van der Waals surface area contributed by atoms with Crippen molar-refractivity contribution >= 4 is 20.0 Å². The number of nitrogens with one attached hydrogen (secondary N) is 2. The fourth-order valence-corrected chi connectivity index (χ4v) is 4.32. The minimum atomic E-state index is -3.50. The Kier molecular flexibility index (Phi) is 8.14. The molecule has 2 N–H and O–H groups in total. The van der Waals surface area contributed by atoms with Crippen molar-refractivity contribution in [3.63, 3.8) is 0 Å². The van der Waals surface area contributed by atoms with Crippen LogP contribution in [0.25, 0.3) is 0 Å². The molecule has 7 nitrogen and oxygen atoms in total. The molecule has 0 bridgehead atoms. The summed E-state index contributed by atoms with van der Waals surface area (Å²) in [6, 6.07) is 4.57. The van der Waals surface area contributed by atoms with E-state index >= 15 is 0 Å². The second-order valence-corrected chi connectivity index (χ2v) is 9.04. The van der Waals surface area contributed by atoms with Gasteiger partial charge in [0.05, 0.1) is 10.6 Å². The molecule has 0 heterocycles. The predicted molar refractivity (Wildman–Crippen MR) is 94.2 cm³/mol. The van der Waals surface area contributed by atoms with Crippen molar-refractivity contribution < 1.29 is 21.6 Å². The molecule has 0 aromatic heterocycles. The smallest absolute Gasteiger partial charge is 0.240 e. The summed E-state index contributed by atoms with van der Waals surface area (Å²) in [5.74, 6) is 0.637. The summed E-state index contributed by atoms with van der Waals surface area (Å²) in [7, 11) is -6.76. The number of benzene rings is 1. The van der Waals surface area contributed by atoms with Crippen LogP contribution >= 0.6 is 0 Å². The zero-order chi connectivity index (χ0) is 18.2. The van der Waals surface area contributed by atoms with Crippen LogP contribution in [0, 0.1) is 6.92 Å². The Bertz CT molecular complexity index is 730. The molecule has 0 aliphatic heterocycles. The number of aryl methyl sites for hydroxylation is 1. The number of rotatable bonds is 11. The third-order valence-corrected chi connectivity index (χ3v) is 6.25. The average Bonchev–Trinajstić information content (AvgIpc) is 2.50. The predicted octanol–water partition coefficient (Wildman–Crippen LogP) is 1.39. The summed E-state index contributed by atoms with van der Waals surface area (Å²) in [4.78, 5) is 0.175. The van der Waals surface area contributed by atoms with Gasteiger partial charge in [0.25, 0.3) is 0 Å². The molecular formula is C15H26N2O5S2. The second kappa shape index (κ2) is 9.36. The Morgan fingerprint density at radius 2 is 1.79 bits per heavy atom. The lowest BCUT2D eigenvalue weighted by Gasteiger charge is -2.12. The molecule has 0 amide bonds. The third-order valence-electron chi connectivity index (χ3n) is 3.24. The van der Waals surface area contributed by atoms with Crippen molar-refractivity contribution in [2.45, 2.75) is 38.5 Å². The van der Waals surface area contributed by atoms with Crippen molar-refractivity contribution in [2.24, 2.45) is 0 Å². The van der Waals surface area contributed by atoms with Gasteiger partial charge in [-0.05, 0) is 37.1 Å². The standard InChI is InChI=1S/C15H26N2O5S2/c1-4-6-11-23(18,19)17-9-10-22-15-8-7-14(12-13(15)3)24(20,21)16-5-2/h7-8,12,16-17H,4-6,9-11H2,1-3H3. The highest BCUT2D eigenvalue weighted by atomic mass is 32.2. The molecule has 0 saturated heterocycles. The van der Waals surface area contributed by atoms with E-state index in [1.54, 1.807) is 19.9 Å². The number of sulfonamides is 2. The van der Waals surface area contributed by atoms with Crippen molar-refractivity contribution in [3.8, 4) is 5.75 Å². The fraction of sp³-hybridized carbons (Fsp3) is 0.600. The maximum Gasteiger partial charge on any atom is 0.240 e. The summed E-state index contributed by atoms with van der Waals surface area (Å²) in [5, 5.41) is 0. The first-order valence-electron chi connectivity index (χ1n) is 7.92. The Labute approximate surface area is 144 Å². The van der Waals surface area contributed by atoms with Crippen molar-refractivity contribution in [2.75, 3.05) is 25.4 Å². The molecule has 1 aromatic carbocycles. The third kappa shape index (κ3) is 6.76. The van der Waals surface area contributed by atoms with E-state index < -0.39 is 20.0 Å². The summed E-state index contributed by atoms with van der Waals surface area (Å²) >= 11 is 0. The van der Waals surface area contributed by atoms with Crippen molar-refractivity contribution in [1.82, 2.24) is 9.44 Å². The van der Waals surface area contributed by atoms with Crippen LogP contribution in [0.3, 0.4) is 0 Å². The van der Waals surface area contributed by atoms with Gasteiger partial charge in [0.1, 0.15) is 12.4 Å². The Morgan fingerprint density at radius 1 is 1.08 bits per heavy atom. The van der Waals surface area contributed by atoms with E-state index in [1.165, 1.54) is 12.1 Å². The van der Waals surface area contributed by atoms with Gasteiger partial charge in [0, 0.05) is 13.1 Å². The van der Waals surface area contributed by atoms with Gasteiger partial charge in [0.2, 0.25) is 20.0 Å². The largest absolute Gasteiger partial charge is 0.492 e. The lowest BCUT2D eigenvalue weighted by molar-refractivity contribution is 0.320. The molecular weight excluding hydrogens is 352 g/mol. The van der Waals surface area contributed by atoms with Crippen LogP contribution in [-0.4, -0.2) is 42.3 Å². The topological polar surface area (TPSA) is 102 Å². The van der Waals surface area contributed by atoms with E-state index in [-0.39, 0.29) is 23.8 Å². The molecule has 0 unspecified atom stereocenters. The maximum atomic E-state index is 11.9. The van der Waals surface area contributed by atoms with Crippen LogP contribution in [0.2, 0.25) is 0 Å². The Hall–Kier alpha value is -1.16. The average molecular weight is 379 g/mol. The van der Waals surface area contributed by atoms with Crippen LogP contribution in [0.4, 0.5) is 0 Å². The van der Waals surface area contributed by atoms with Crippen LogP contribution < -0.4 is 14.2 Å². The summed E-state index contributed by atoms with van der Waals surface area (Å²) < 4.78 is 57.6. The van der Waals surface area contributed by atoms with Gasteiger partial charge in [-0.3, -0.25) is 0 Å². The first-order valence-corrected chi connectivity index (χ1v) is 11.1. The first-order chi connectivity index (χ1) is 11.2. The number of unbranched alkanes of at least 4 members (excludes halogenated alkanes) is 1. The molecule has 0 fully saturated rings. The minimum Gasteiger partial charge on any atom is -0.492 e. The van der Waals surface area contributed by atoms with E-state index in [9.17, 15) is 16.8 Å². The van der Waals surface area contributed by atoms with E-state index in [0.29, 0.717) is 24.3 Å². The Balaban J connectivity index is 2.58. The molecule has 9 heteroatoms. The summed E-state index contributed by atoms with van der Waals surface area (Å²) in [6.07, 6.45) is 1.44. The van der Waals surface area contributed by atoms with Crippen LogP contribution in [0.5, 0.6) is 5.75 Å². The van der Waals surface area contributed by atoms with Crippen LogP contribution in [-0.2, 0) is 20.0 Å². The van der Waals surface area contributed by atoms with Crippen LogP contribution in [0.1, 0.15) is 32.3 Å². The molecule has 0 atom stereocenters. The highest BCUT2D eigenvalue weighted by molar-refractivity contribution is 7.89. The normalized spacial score (nSPS) is 12.3. The molecule has 1 aromatic rings. The highest BCUT2D eigenvalue weighted by Gasteiger charge is 2.14. The van der Waals surface area contributed by atoms with Gasteiger partial charge in [-0.2, -0.15) is 0 Å². The van der Waals surface area contributed by atoms with Crippen LogP contribution in [0.15, 0.2) is 23.1 Å². The molecule has 138 valence electrons. The molecule has 0 saturated carbocycles. The molecule has 0 radical (unpaired) electrons. The van der Waals surface area contributed by atoms with E-state index in [2.05, 4.69) is 9.44 Å². The zero-order valence-electron chi connectivity index (χ0n) is 14.3. The lowest BCUT2D eigenvalue weighted by atomic mass is 10.2. The van der Waals surface area contributed by atoms with E-state index in [4.69, 9.17) is 4.74 Å². The van der Waals surface area contributed by atoms with Gasteiger partial charge in [0.15, 0.2) is 0 Å². The quantitative estimate of drug-likeness (QED) is 0.567. The Morgan fingerprint density at radius 3 is 2.38 bits per heavy atom. The maximum absolute atomic E-state index is 11.9. The molecule has 24 heavy (non-hydrogen) atoms. The van der Waals surface area contributed by atoms with Gasteiger partial charge in [-0.15, -0.1) is 0 Å². The highest BCUT2D eigenvalue weighted by Crippen LogP contribution is 2.21. The summed E-state index contributed by atoms with van der Waals surface area (Å²) in [6.45, 7) is 6.04. The van der Waals surface area contributed by atoms with Crippen molar-refractivity contribution in [1.29, 1.82) is 0 Å². The number of ether oxygens (including phenoxy) is 1. The SMILES string of the molecule is CCCCS(=O)(=O)NCCOc1ccc(S(=O)(=O)NCC)cc1C. The van der Waals surface area contributed by atoms with E-state index in [1.807, 2.05) is 6.92 Å². The summed E-state index contributed by atoms with van der Waals surface area (Å²) in [5.41, 5.74) is 0.669. The number of hydrogen-bond donors (Lipinski definition) is 2. The molecule has 0 aliphatic carbocycles. The van der Waals surface area contributed by atoms with E-state index in [0.717, 1.165) is 6.42 Å². The fourth-order valence-electron chi connectivity index (χ4n) is 1.99. The zero-order valence-corrected chi connectivity index (χ0v) is 16.0. The molecule has 1 rings (SSSR count). The second-order valence-electron chi connectivity index (χ2n) is 5.34. The molecule has 0 aliphatic rings. The molecule has 0 spiro atoms. The van der Waals surface area contributed by atoms with Gasteiger partial charge < -0.3 is 4.74 Å². The van der Waals surface area contributed by atoms with Crippen molar-refractivity contribution in [3.05, 3.63) is 23.8 Å². The minimum absolute atomic E-state index is 0.111. The monoisotopic (exact) mass is 378 g/mol. The lowest BCUT2D eigenvalue weighted by Crippen LogP contribution is -2.30. The van der Waals surface area contributed by atoms with Gasteiger partial charge >= 0.3 is 0 Å². The first kappa shape index (κ1) is 20.9. The van der Waals surface area contributed by atoms with Gasteiger partial charge in [-0.1, -0.05) is 20.3 Å².